The van der Waals surface area contributed by atoms with Crippen molar-refractivity contribution in [3.05, 3.63) is 59.7 Å². The number of hydrogen-bond acceptors (Lipinski definition) is 6. The second-order valence-electron chi connectivity index (χ2n) is 8.18. The minimum atomic E-state index is -0.694. The molecular weight excluding hydrogens is 410 g/mol. The normalized spacial score (nSPS) is 20.2. The Morgan fingerprint density at radius 3 is 2.84 bits per heavy atom. The highest BCUT2D eigenvalue weighted by molar-refractivity contribution is 7.19. The Kier molecular flexibility index (Phi) is 5.85. The van der Waals surface area contributed by atoms with Gasteiger partial charge >= 0.3 is 0 Å². The van der Waals surface area contributed by atoms with Gasteiger partial charge in [0.05, 0.1) is 18.8 Å². The summed E-state index contributed by atoms with van der Waals surface area (Å²) in [6, 6.07) is 16.5. The summed E-state index contributed by atoms with van der Waals surface area (Å²) in [6.45, 7) is 0.211. The highest BCUT2D eigenvalue weighted by atomic mass is 32.1. The first kappa shape index (κ1) is 20.4. The molecule has 1 aliphatic rings. The van der Waals surface area contributed by atoms with Gasteiger partial charge in [0.15, 0.2) is 0 Å². The molecule has 2 aromatic carbocycles. The number of aliphatic hydroxyl groups is 1. The maximum Gasteiger partial charge on any atom is 0.139 e. The van der Waals surface area contributed by atoms with Gasteiger partial charge in [-0.1, -0.05) is 6.07 Å². The van der Waals surface area contributed by atoms with Gasteiger partial charge in [0, 0.05) is 15.6 Å². The Balaban J connectivity index is 1.13. The predicted molar refractivity (Wildman–Crippen MR) is 124 cm³/mol. The third-order valence-electron chi connectivity index (χ3n) is 6.16. The van der Waals surface area contributed by atoms with Crippen LogP contribution in [0.25, 0.3) is 21.1 Å². The summed E-state index contributed by atoms with van der Waals surface area (Å²) in [6.07, 6.45) is 5.32. The predicted octanol–water partition coefficient (Wildman–Crippen LogP) is 5.67. The molecule has 2 heterocycles. The monoisotopic (exact) mass is 437 g/mol. The summed E-state index contributed by atoms with van der Waals surface area (Å²) < 4.78 is 17.9. The van der Waals surface area contributed by atoms with Crippen LogP contribution < -0.4 is 14.8 Å². The number of nitrogens with one attached hydrogen (secondary N) is 1. The van der Waals surface area contributed by atoms with Gasteiger partial charge in [-0.3, -0.25) is 5.32 Å². The molecular formula is C25H27NO4S. The molecule has 2 aromatic heterocycles. The lowest BCUT2D eigenvalue weighted by Gasteiger charge is -2.30. The Bertz CT molecular complexity index is 1160. The van der Waals surface area contributed by atoms with E-state index in [2.05, 4.69) is 23.5 Å². The molecule has 6 heteroatoms. The molecule has 0 bridgehead atoms. The van der Waals surface area contributed by atoms with Crippen LogP contribution in [0.2, 0.25) is 0 Å². The van der Waals surface area contributed by atoms with Gasteiger partial charge in [-0.05, 0) is 79.5 Å². The number of methoxy groups -OCH3 is 1. The van der Waals surface area contributed by atoms with Crippen LogP contribution in [0.1, 0.15) is 36.5 Å². The summed E-state index contributed by atoms with van der Waals surface area (Å²) in [7, 11) is 1.71. The molecule has 162 valence electrons. The minimum absolute atomic E-state index is 0.211. The number of hydrogen-bond donors (Lipinski definition) is 2. The molecule has 0 unspecified atom stereocenters. The van der Waals surface area contributed by atoms with Gasteiger partial charge in [-0.25, -0.2) is 0 Å². The molecule has 1 aliphatic carbocycles. The Morgan fingerprint density at radius 2 is 2.00 bits per heavy atom. The zero-order chi connectivity index (χ0) is 21.2. The SMILES string of the molecule is COc1ccc2cc(C3CCC(N[C@H](O)COc4cccc5occc45)CC3)sc2c1. The van der Waals surface area contributed by atoms with Crippen molar-refractivity contribution in [2.75, 3.05) is 13.7 Å². The molecule has 1 atom stereocenters. The van der Waals surface area contributed by atoms with E-state index in [1.165, 1.54) is 15.0 Å². The summed E-state index contributed by atoms with van der Waals surface area (Å²) in [4.78, 5) is 1.46. The fraction of sp³-hybridized carbons (Fsp3) is 0.360. The number of benzene rings is 2. The average molecular weight is 438 g/mol. The summed E-state index contributed by atoms with van der Waals surface area (Å²) in [5.74, 6) is 2.24. The quantitative estimate of drug-likeness (QED) is 0.365. The molecule has 0 saturated heterocycles. The molecule has 5 rings (SSSR count). The minimum Gasteiger partial charge on any atom is -0.497 e. The van der Waals surface area contributed by atoms with Gasteiger partial charge in [-0.2, -0.15) is 0 Å². The van der Waals surface area contributed by atoms with Crippen LogP contribution >= 0.6 is 11.3 Å². The van der Waals surface area contributed by atoms with Crippen molar-refractivity contribution in [3.8, 4) is 11.5 Å². The van der Waals surface area contributed by atoms with Crippen molar-refractivity contribution in [2.45, 2.75) is 43.9 Å². The number of furan rings is 1. The topological polar surface area (TPSA) is 63.9 Å². The first-order valence-electron chi connectivity index (χ1n) is 10.8. The number of ether oxygens (including phenoxy) is 2. The fourth-order valence-electron chi connectivity index (χ4n) is 4.49. The maximum atomic E-state index is 10.4. The fourth-order valence-corrected chi connectivity index (χ4v) is 5.75. The Hall–Kier alpha value is -2.54. The molecule has 0 radical (unpaired) electrons. The van der Waals surface area contributed by atoms with E-state index in [-0.39, 0.29) is 6.61 Å². The number of fused-ring (bicyclic) bond motifs is 2. The number of aliphatic hydroxyl groups excluding tert-OH is 1. The van der Waals surface area contributed by atoms with Gasteiger partial charge in [0.25, 0.3) is 0 Å². The van der Waals surface area contributed by atoms with Crippen LogP contribution in [0, 0.1) is 0 Å². The molecule has 1 fully saturated rings. The van der Waals surface area contributed by atoms with Gasteiger partial charge in [-0.15, -0.1) is 11.3 Å². The first-order chi connectivity index (χ1) is 15.2. The third kappa shape index (κ3) is 4.42. The van der Waals surface area contributed by atoms with E-state index >= 15 is 0 Å². The molecule has 1 saturated carbocycles. The van der Waals surface area contributed by atoms with Crippen LogP contribution in [0.5, 0.6) is 11.5 Å². The lowest BCUT2D eigenvalue weighted by atomic mass is 9.85. The van der Waals surface area contributed by atoms with E-state index in [4.69, 9.17) is 13.9 Å². The maximum absolute atomic E-state index is 10.4. The van der Waals surface area contributed by atoms with Crippen LogP contribution in [-0.4, -0.2) is 31.1 Å². The average Bonchev–Trinajstić information content (AvgIpc) is 3.44. The molecule has 0 amide bonds. The standard InChI is InChI=1S/C25H27NO4S/c1-28-19-10-7-17-13-23(31-24(17)14-19)16-5-8-18(9-6-16)26-25(27)15-30-22-4-2-3-21-20(22)11-12-29-21/h2-4,7,10-14,16,18,25-27H,5-6,8-9,15H2,1H3/t16?,18?,25-/m1/s1. The highest BCUT2D eigenvalue weighted by Gasteiger charge is 2.25. The molecule has 0 aliphatic heterocycles. The molecule has 5 nitrogen and oxygen atoms in total. The van der Waals surface area contributed by atoms with E-state index in [1.54, 1.807) is 13.4 Å². The zero-order valence-electron chi connectivity index (χ0n) is 17.5. The Labute approximate surface area is 185 Å². The zero-order valence-corrected chi connectivity index (χ0v) is 18.4. The van der Waals surface area contributed by atoms with Gasteiger partial charge < -0.3 is 19.0 Å². The van der Waals surface area contributed by atoms with Crippen molar-refractivity contribution in [2.24, 2.45) is 0 Å². The summed E-state index contributed by atoms with van der Waals surface area (Å²) in [5, 5.41) is 16.0. The van der Waals surface area contributed by atoms with Gasteiger partial charge in [0.2, 0.25) is 0 Å². The molecule has 0 spiro atoms. The van der Waals surface area contributed by atoms with E-state index in [0.29, 0.717) is 12.0 Å². The largest absolute Gasteiger partial charge is 0.497 e. The summed E-state index contributed by atoms with van der Waals surface area (Å²) >= 11 is 1.88. The second kappa shape index (κ2) is 8.91. The van der Waals surface area contributed by atoms with Gasteiger partial charge in [0.1, 0.15) is 29.9 Å². The third-order valence-corrected chi connectivity index (χ3v) is 7.42. The number of rotatable bonds is 7. The highest BCUT2D eigenvalue weighted by Crippen LogP contribution is 2.40. The summed E-state index contributed by atoms with van der Waals surface area (Å²) in [5.41, 5.74) is 0.790. The smallest absolute Gasteiger partial charge is 0.139 e. The van der Waals surface area contributed by atoms with Crippen LogP contribution in [0.15, 0.2) is 59.2 Å². The van der Waals surface area contributed by atoms with Crippen LogP contribution in [0.4, 0.5) is 0 Å². The van der Waals surface area contributed by atoms with Crippen molar-refractivity contribution < 1.29 is 19.0 Å². The van der Waals surface area contributed by atoms with Crippen molar-refractivity contribution in [1.29, 1.82) is 0 Å². The van der Waals surface area contributed by atoms with E-state index < -0.39 is 6.23 Å². The molecule has 31 heavy (non-hydrogen) atoms. The van der Waals surface area contributed by atoms with Crippen LogP contribution in [0.3, 0.4) is 0 Å². The lowest BCUT2D eigenvalue weighted by Crippen LogP contribution is -2.43. The molecule has 4 aromatic rings. The van der Waals surface area contributed by atoms with E-state index in [9.17, 15) is 5.11 Å². The first-order valence-corrected chi connectivity index (χ1v) is 11.6. The Morgan fingerprint density at radius 1 is 1.13 bits per heavy atom. The second-order valence-corrected chi connectivity index (χ2v) is 9.30. The van der Waals surface area contributed by atoms with Crippen LogP contribution in [-0.2, 0) is 0 Å². The van der Waals surface area contributed by atoms with E-state index in [1.807, 2.05) is 41.7 Å². The van der Waals surface area contributed by atoms with Crippen molar-refractivity contribution in [1.82, 2.24) is 5.32 Å². The van der Waals surface area contributed by atoms with Crippen molar-refractivity contribution in [3.63, 3.8) is 0 Å². The van der Waals surface area contributed by atoms with E-state index in [0.717, 1.165) is 48.2 Å². The molecule has 2 N–H and O–H groups in total. The number of thiophene rings is 1. The lowest BCUT2D eigenvalue weighted by molar-refractivity contribution is 0.0626. The van der Waals surface area contributed by atoms with Crippen molar-refractivity contribution >= 4 is 32.4 Å².